The van der Waals surface area contributed by atoms with Crippen LogP contribution in [0.2, 0.25) is 0 Å². The quantitative estimate of drug-likeness (QED) is 0.687. The summed E-state index contributed by atoms with van der Waals surface area (Å²) in [5.41, 5.74) is 2.74. The number of hydrogen-bond donors (Lipinski definition) is 1. The van der Waals surface area contributed by atoms with Gasteiger partial charge < -0.3 is 14.8 Å². The van der Waals surface area contributed by atoms with E-state index in [9.17, 15) is 9.59 Å². The van der Waals surface area contributed by atoms with Gasteiger partial charge in [-0.25, -0.2) is 9.50 Å². The van der Waals surface area contributed by atoms with Crippen LogP contribution in [0, 0.1) is 0 Å². The number of hydrogen-bond acceptors (Lipinski definition) is 6. The number of fused-ring (bicyclic) bond motifs is 3. The van der Waals surface area contributed by atoms with E-state index >= 15 is 0 Å². The van der Waals surface area contributed by atoms with Gasteiger partial charge in [-0.3, -0.25) is 9.59 Å². The Morgan fingerprint density at radius 2 is 2.07 bits per heavy atom. The summed E-state index contributed by atoms with van der Waals surface area (Å²) in [7, 11) is 0. The number of aromatic nitrogens is 6. The number of tetrazole rings is 1. The van der Waals surface area contributed by atoms with Gasteiger partial charge in [-0.05, 0) is 35.4 Å². The molecule has 5 heterocycles. The molecule has 3 aromatic rings. The number of amides is 2. The number of piperidine rings is 1. The van der Waals surface area contributed by atoms with Gasteiger partial charge in [0.2, 0.25) is 5.91 Å². The van der Waals surface area contributed by atoms with Crippen LogP contribution in [0.4, 0.5) is 0 Å². The molecule has 1 saturated heterocycles. The molecule has 29 heavy (non-hydrogen) atoms. The van der Waals surface area contributed by atoms with Crippen LogP contribution in [0.3, 0.4) is 0 Å². The lowest BCUT2D eigenvalue weighted by Crippen LogP contribution is -2.58. The van der Waals surface area contributed by atoms with Crippen molar-refractivity contribution in [2.45, 2.75) is 38.1 Å². The predicted octanol–water partition coefficient (Wildman–Crippen LogP) is 0.774. The maximum absolute atomic E-state index is 13.0. The summed E-state index contributed by atoms with van der Waals surface area (Å²) in [5, 5.41) is 11.3. The molecule has 0 unspecified atom stereocenters. The summed E-state index contributed by atoms with van der Waals surface area (Å²) < 4.78 is 1.53. The minimum Gasteiger partial charge on any atom is -0.348 e. The molecule has 2 aliphatic heterocycles. The van der Waals surface area contributed by atoms with Gasteiger partial charge >= 0.3 is 0 Å². The monoisotopic (exact) mass is 394 g/mol. The Bertz CT molecular complexity index is 1080. The molecule has 0 radical (unpaired) electrons. The van der Waals surface area contributed by atoms with Crippen molar-refractivity contribution in [1.29, 1.82) is 0 Å². The molecule has 10 heteroatoms. The van der Waals surface area contributed by atoms with E-state index in [0.29, 0.717) is 50.1 Å². The molecule has 1 N–H and O–H groups in total. The Morgan fingerprint density at radius 1 is 1.24 bits per heavy atom. The summed E-state index contributed by atoms with van der Waals surface area (Å²) in [6.45, 7) is 3.71. The normalized spacial score (nSPS) is 18.2. The molecule has 0 bridgehead atoms. The molecule has 0 aromatic carbocycles. The first kappa shape index (κ1) is 17.8. The van der Waals surface area contributed by atoms with Gasteiger partial charge in [0.1, 0.15) is 0 Å². The Balaban J connectivity index is 1.40. The fraction of sp³-hybridized carbons (Fsp3) is 0.474. The highest BCUT2D eigenvalue weighted by molar-refractivity contribution is 5.95. The fourth-order valence-electron chi connectivity index (χ4n) is 4.67. The van der Waals surface area contributed by atoms with Gasteiger partial charge in [-0.1, -0.05) is 6.92 Å². The molecule has 1 fully saturated rings. The van der Waals surface area contributed by atoms with Gasteiger partial charge in [0, 0.05) is 49.9 Å². The Hall–Kier alpha value is -3.30. The number of carbonyl (C=O) groups is 2. The van der Waals surface area contributed by atoms with Crippen molar-refractivity contribution in [3.63, 3.8) is 0 Å². The van der Waals surface area contributed by atoms with Crippen LogP contribution in [-0.4, -0.2) is 71.3 Å². The lowest BCUT2D eigenvalue weighted by Gasteiger charge is -2.50. The van der Waals surface area contributed by atoms with Gasteiger partial charge in [-0.2, -0.15) is 0 Å². The summed E-state index contributed by atoms with van der Waals surface area (Å²) in [4.78, 5) is 37.4. The summed E-state index contributed by atoms with van der Waals surface area (Å²) in [6, 6.07) is 3.43. The number of likely N-dealkylation sites (tertiary alicyclic amines) is 1. The summed E-state index contributed by atoms with van der Waals surface area (Å²) in [5.74, 6) is 0.0972. The molecule has 1 spiro atoms. The molecule has 2 amide bonds. The van der Waals surface area contributed by atoms with E-state index in [0.717, 1.165) is 17.8 Å². The molecular weight excluding hydrogens is 372 g/mol. The third-order valence-corrected chi connectivity index (χ3v) is 6.19. The van der Waals surface area contributed by atoms with Crippen LogP contribution < -0.4 is 0 Å². The molecule has 3 aromatic heterocycles. The van der Waals surface area contributed by atoms with E-state index < -0.39 is 5.54 Å². The van der Waals surface area contributed by atoms with E-state index in [1.54, 1.807) is 24.7 Å². The zero-order chi connectivity index (χ0) is 20.0. The second kappa shape index (κ2) is 6.64. The Labute approximate surface area is 166 Å². The average molecular weight is 394 g/mol. The van der Waals surface area contributed by atoms with Crippen molar-refractivity contribution >= 4 is 17.5 Å². The lowest BCUT2D eigenvalue weighted by molar-refractivity contribution is -0.141. The topological polar surface area (TPSA) is 112 Å². The van der Waals surface area contributed by atoms with E-state index in [-0.39, 0.29) is 11.8 Å². The fourth-order valence-corrected chi connectivity index (χ4v) is 4.67. The third kappa shape index (κ3) is 2.70. The zero-order valence-electron chi connectivity index (χ0n) is 16.2. The molecule has 0 saturated carbocycles. The Kier molecular flexibility index (Phi) is 4.07. The van der Waals surface area contributed by atoms with Crippen LogP contribution in [0.15, 0.2) is 24.7 Å². The first-order valence-electron chi connectivity index (χ1n) is 9.92. The minimum atomic E-state index is -0.432. The van der Waals surface area contributed by atoms with Crippen LogP contribution >= 0.6 is 0 Å². The van der Waals surface area contributed by atoms with Crippen molar-refractivity contribution in [3.8, 4) is 0 Å². The molecule has 0 aliphatic carbocycles. The second-order valence-corrected chi connectivity index (χ2v) is 7.60. The van der Waals surface area contributed by atoms with E-state index in [2.05, 4.69) is 25.5 Å². The Morgan fingerprint density at radius 3 is 2.86 bits per heavy atom. The maximum Gasteiger partial charge on any atom is 0.254 e. The van der Waals surface area contributed by atoms with Crippen molar-refractivity contribution in [1.82, 2.24) is 39.8 Å². The van der Waals surface area contributed by atoms with Crippen molar-refractivity contribution in [3.05, 3.63) is 41.6 Å². The number of carbonyl (C=O) groups excluding carboxylic acids is 2. The minimum absolute atomic E-state index is 0.0446. The maximum atomic E-state index is 13.0. The van der Waals surface area contributed by atoms with Crippen molar-refractivity contribution in [2.75, 3.05) is 19.6 Å². The second-order valence-electron chi connectivity index (χ2n) is 7.60. The SMILES string of the molecule is CCC(=O)N1CCc2[nH]cnc2C12CCN(C(=O)c1ccn3nnnc3c1)CC2. The molecule has 2 aliphatic rings. The average Bonchev–Trinajstić information content (AvgIpc) is 3.43. The van der Waals surface area contributed by atoms with Crippen molar-refractivity contribution < 1.29 is 9.59 Å². The molecule has 10 nitrogen and oxygen atoms in total. The van der Waals surface area contributed by atoms with Crippen LogP contribution in [0.5, 0.6) is 0 Å². The number of aromatic amines is 1. The highest BCUT2D eigenvalue weighted by Gasteiger charge is 2.48. The van der Waals surface area contributed by atoms with E-state index in [4.69, 9.17) is 0 Å². The van der Waals surface area contributed by atoms with Gasteiger partial charge in [0.05, 0.1) is 17.6 Å². The molecular formula is C19H22N8O2. The van der Waals surface area contributed by atoms with Gasteiger partial charge in [-0.15, -0.1) is 5.10 Å². The number of H-pyrrole nitrogens is 1. The van der Waals surface area contributed by atoms with Crippen LogP contribution in [0.25, 0.3) is 5.65 Å². The molecule has 150 valence electrons. The summed E-state index contributed by atoms with van der Waals surface area (Å²) in [6.07, 6.45) is 6.01. The smallest absolute Gasteiger partial charge is 0.254 e. The van der Waals surface area contributed by atoms with Crippen LogP contribution in [0.1, 0.15) is 47.9 Å². The number of rotatable bonds is 2. The highest BCUT2D eigenvalue weighted by Crippen LogP contribution is 2.42. The zero-order valence-corrected chi connectivity index (χ0v) is 16.2. The third-order valence-electron chi connectivity index (χ3n) is 6.19. The lowest BCUT2D eigenvalue weighted by atomic mass is 9.78. The standard InChI is InChI=1S/C19H22N8O2/c1-2-16(28)26-7-4-14-17(21-12-20-14)19(26)5-9-25(10-6-19)18(29)13-3-8-27-15(11-13)22-23-24-27/h3,8,11-12H,2,4-7,9-10H2,1H3,(H,20,21). The number of nitrogens with one attached hydrogen (secondary N) is 1. The van der Waals surface area contributed by atoms with E-state index in [1.165, 1.54) is 4.52 Å². The van der Waals surface area contributed by atoms with E-state index in [1.807, 2.05) is 16.7 Å². The molecule has 5 rings (SSSR count). The van der Waals surface area contributed by atoms with Gasteiger partial charge in [0.15, 0.2) is 5.65 Å². The number of pyridine rings is 1. The van der Waals surface area contributed by atoms with Crippen LogP contribution in [-0.2, 0) is 16.8 Å². The summed E-state index contributed by atoms with van der Waals surface area (Å²) >= 11 is 0. The first-order valence-corrected chi connectivity index (χ1v) is 9.92. The van der Waals surface area contributed by atoms with Crippen molar-refractivity contribution in [2.24, 2.45) is 0 Å². The largest absolute Gasteiger partial charge is 0.348 e. The molecule has 0 atom stereocenters. The predicted molar refractivity (Wildman–Crippen MR) is 102 cm³/mol. The number of nitrogens with zero attached hydrogens (tertiary/aromatic N) is 7. The highest BCUT2D eigenvalue weighted by atomic mass is 16.2. The first-order chi connectivity index (χ1) is 14.1. The van der Waals surface area contributed by atoms with Gasteiger partial charge in [0.25, 0.3) is 5.91 Å². The number of imidazole rings is 1.